The van der Waals surface area contributed by atoms with Crippen LogP contribution in [0.1, 0.15) is 37.3 Å². The van der Waals surface area contributed by atoms with E-state index in [9.17, 15) is 0 Å². The Kier molecular flexibility index (Phi) is 5.14. The summed E-state index contributed by atoms with van der Waals surface area (Å²) < 4.78 is 13.7. The highest BCUT2D eigenvalue weighted by Gasteiger charge is 2.23. The maximum Gasteiger partial charge on any atom is 0.119 e. The Balaban J connectivity index is 1.51. The van der Waals surface area contributed by atoms with Crippen molar-refractivity contribution < 1.29 is 9.47 Å². The van der Waals surface area contributed by atoms with Gasteiger partial charge in [0.05, 0.1) is 31.8 Å². The minimum atomic E-state index is 0.0978. The van der Waals surface area contributed by atoms with Gasteiger partial charge in [0, 0.05) is 31.9 Å². The highest BCUT2D eigenvalue weighted by Crippen LogP contribution is 2.28. The standard InChI is InChI=1S/C22H27N3O2/c1-16(2)25-15-23-12-20(25)13-24-8-9-27-22(14-24)19-5-4-18-11-21(26-3)7-6-17(18)10-19/h4-7,10-12,15-16,22H,8-9,13-14H2,1-3H3/t22-/m1/s1. The Morgan fingerprint density at radius 3 is 2.81 bits per heavy atom. The lowest BCUT2D eigenvalue weighted by atomic mass is 10.0. The van der Waals surface area contributed by atoms with Crippen molar-refractivity contribution in [2.24, 2.45) is 0 Å². The first-order chi connectivity index (χ1) is 13.1. The van der Waals surface area contributed by atoms with Crippen molar-refractivity contribution in [1.29, 1.82) is 0 Å². The second kappa shape index (κ2) is 7.71. The summed E-state index contributed by atoms with van der Waals surface area (Å²) in [6, 6.07) is 13.2. The molecule has 1 aliphatic rings. The van der Waals surface area contributed by atoms with E-state index in [2.05, 4.69) is 58.6 Å². The number of imidazole rings is 1. The number of aromatic nitrogens is 2. The quantitative estimate of drug-likeness (QED) is 0.679. The van der Waals surface area contributed by atoms with Gasteiger partial charge in [0.2, 0.25) is 0 Å². The first kappa shape index (κ1) is 18.0. The van der Waals surface area contributed by atoms with Gasteiger partial charge in [-0.05, 0) is 48.4 Å². The van der Waals surface area contributed by atoms with Gasteiger partial charge in [0.1, 0.15) is 5.75 Å². The molecular weight excluding hydrogens is 338 g/mol. The highest BCUT2D eigenvalue weighted by atomic mass is 16.5. The van der Waals surface area contributed by atoms with Crippen LogP contribution in [0.25, 0.3) is 10.8 Å². The highest BCUT2D eigenvalue weighted by molar-refractivity contribution is 5.84. The number of hydrogen-bond acceptors (Lipinski definition) is 4. The molecule has 2 heterocycles. The molecule has 5 heteroatoms. The van der Waals surface area contributed by atoms with Crippen LogP contribution in [-0.4, -0.2) is 41.3 Å². The number of ether oxygens (including phenoxy) is 2. The first-order valence-electron chi connectivity index (χ1n) is 9.56. The topological polar surface area (TPSA) is 39.5 Å². The number of fused-ring (bicyclic) bond motifs is 1. The first-order valence-corrected chi connectivity index (χ1v) is 9.56. The molecule has 0 bridgehead atoms. The number of benzene rings is 2. The van der Waals surface area contributed by atoms with Crippen molar-refractivity contribution in [2.45, 2.75) is 32.5 Å². The molecule has 27 heavy (non-hydrogen) atoms. The van der Waals surface area contributed by atoms with Crippen LogP contribution in [0, 0.1) is 0 Å². The van der Waals surface area contributed by atoms with Crippen LogP contribution in [0.5, 0.6) is 5.75 Å². The van der Waals surface area contributed by atoms with Crippen LogP contribution in [0.2, 0.25) is 0 Å². The molecule has 142 valence electrons. The zero-order chi connectivity index (χ0) is 18.8. The summed E-state index contributed by atoms with van der Waals surface area (Å²) in [6.07, 6.45) is 4.00. The van der Waals surface area contributed by atoms with E-state index in [0.717, 1.165) is 32.0 Å². The fourth-order valence-electron chi connectivity index (χ4n) is 3.77. The smallest absolute Gasteiger partial charge is 0.119 e. The lowest BCUT2D eigenvalue weighted by Gasteiger charge is -2.33. The molecule has 0 unspecified atom stereocenters. The normalized spacial score (nSPS) is 18.3. The van der Waals surface area contributed by atoms with Gasteiger partial charge in [0.25, 0.3) is 0 Å². The van der Waals surface area contributed by atoms with Crippen molar-refractivity contribution >= 4 is 10.8 Å². The van der Waals surface area contributed by atoms with E-state index in [1.165, 1.54) is 22.0 Å². The van der Waals surface area contributed by atoms with E-state index in [0.29, 0.717) is 6.04 Å². The molecule has 4 rings (SSSR count). The van der Waals surface area contributed by atoms with Gasteiger partial charge < -0.3 is 14.0 Å². The van der Waals surface area contributed by atoms with E-state index in [1.807, 2.05) is 18.6 Å². The number of methoxy groups -OCH3 is 1. The molecule has 0 N–H and O–H groups in total. The average molecular weight is 365 g/mol. The van der Waals surface area contributed by atoms with E-state index in [1.54, 1.807) is 7.11 Å². The van der Waals surface area contributed by atoms with Crippen molar-refractivity contribution in [3.8, 4) is 5.75 Å². The Bertz CT molecular complexity index is 919. The van der Waals surface area contributed by atoms with Crippen LogP contribution in [0.3, 0.4) is 0 Å². The molecule has 0 radical (unpaired) electrons. The van der Waals surface area contributed by atoms with E-state index in [-0.39, 0.29) is 6.10 Å². The van der Waals surface area contributed by atoms with Gasteiger partial charge in [-0.25, -0.2) is 4.98 Å². The van der Waals surface area contributed by atoms with Gasteiger partial charge in [0.15, 0.2) is 0 Å². The van der Waals surface area contributed by atoms with Gasteiger partial charge in [-0.2, -0.15) is 0 Å². The SMILES string of the molecule is COc1ccc2cc([C@H]3CN(Cc4cncn4C(C)C)CCO3)ccc2c1. The predicted molar refractivity (Wildman–Crippen MR) is 107 cm³/mol. The predicted octanol–water partition coefficient (Wildman–Crippen LogP) is 4.20. The summed E-state index contributed by atoms with van der Waals surface area (Å²) in [5, 5.41) is 2.40. The fraction of sp³-hybridized carbons (Fsp3) is 0.409. The van der Waals surface area contributed by atoms with Gasteiger partial charge in [-0.3, -0.25) is 4.90 Å². The van der Waals surface area contributed by atoms with Crippen LogP contribution >= 0.6 is 0 Å². The summed E-state index contributed by atoms with van der Waals surface area (Å²) in [6.45, 7) is 7.88. The third-order valence-electron chi connectivity index (χ3n) is 5.28. The molecule has 1 saturated heterocycles. The van der Waals surface area contributed by atoms with Gasteiger partial charge in [-0.1, -0.05) is 18.2 Å². The average Bonchev–Trinajstić information content (AvgIpc) is 3.16. The molecule has 3 aromatic rings. The van der Waals surface area contributed by atoms with Crippen LogP contribution < -0.4 is 4.74 Å². The number of hydrogen-bond donors (Lipinski definition) is 0. The van der Waals surface area contributed by atoms with E-state index < -0.39 is 0 Å². The maximum absolute atomic E-state index is 6.10. The lowest BCUT2D eigenvalue weighted by molar-refractivity contribution is -0.0335. The van der Waals surface area contributed by atoms with Crippen molar-refractivity contribution in [3.05, 3.63) is 60.2 Å². The van der Waals surface area contributed by atoms with Crippen molar-refractivity contribution in [3.63, 3.8) is 0 Å². The monoisotopic (exact) mass is 365 g/mol. The van der Waals surface area contributed by atoms with E-state index in [4.69, 9.17) is 9.47 Å². The summed E-state index contributed by atoms with van der Waals surface area (Å²) in [5.41, 5.74) is 2.49. The molecule has 1 fully saturated rings. The van der Waals surface area contributed by atoms with Gasteiger partial charge >= 0.3 is 0 Å². The summed E-state index contributed by atoms with van der Waals surface area (Å²) >= 11 is 0. The number of nitrogens with zero attached hydrogens (tertiary/aromatic N) is 3. The summed E-state index contributed by atoms with van der Waals surface area (Å²) in [4.78, 5) is 6.79. The minimum Gasteiger partial charge on any atom is -0.497 e. The molecule has 0 amide bonds. The summed E-state index contributed by atoms with van der Waals surface area (Å²) in [7, 11) is 1.70. The molecule has 1 aromatic heterocycles. The maximum atomic E-state index is 6.10. The molecule has 5 nitrogen and oxygen atoms in total. The van der Waals surface area contributed by atoms with Crippen LogP contribution in [-0.2, 0) is 11.3 Å². The number of morpholine rings is 1. The molecule has 0 spiro atoms. The Morgan fingerprint density at radius 2 is 2.00 bits per heavy atom. The zero-order valence-electron chi connectivity index (χ0n) is 16.3. The van der Waals surface area contributed by atoms with Crippen molar-refractivity contribution in [1.82, 2.24) is 14.5 Å². The molecule has 0 aliphatic carbocycles. The zero-order valence-corrected chi connectivity index (χ0v) is 16.3. The van der Waals surface area contributed by atoms with Crippen LogP contribution in [0.15, 0.2) is 48.9 Å². The van der Waals surface area contributed by atoms with E-state index >= 15 is 0 Å². The third kappa shape index (κ3) is 3.84. The van der Waals surface area contributed by atoms with Gasteiger partial charge in [-0.15, -0.1) is 0 Å². The lowest BCUT2D eigenvalue weighted by Crippen LogP contribution is -2.38. The van der Waals surface area contributed by atoms with Crippen molar-refractivity contribution in [2.75, 3.05) is 26.8 Å². The number of rotatable bonds is 5. The molecular formula is C22H27N3O2. The summed E-state index contributed by atoms with van der Waals surface area (Å²) in [5.74, 6) is 0.886. The molecule has 1 atom stereocenters. The fourth-order valence-corrected chi connectivity index (χ4v) is 3.77. The minimum absolute atomic E-state index is 0.0978. The second-order valence-corrected chi connectivity index (χ2v) is 7.45. The van der Waals surface area contributed by atoms with Crippen LogP contribution in [0.4, 0.5) is 0 Å². The molecule has 0 saturated carbocycles. The third-order valence-corrected chi connectivity index (χ3v) is 5.28. The Hall–Kier alpha value is -2.37. The molecule has 1 aliphatic heterocycles. The Morgan fingerprint density at radius 1 is 1.19 bits per heavy atom. The Labute approximate surface area is 160 Å². The largest absolute Gasteiger partial charge is 0.497 e. The molecule has 2 aromatic carbocycles. The second-order valence-electron chi connectivity index (χ2n) is 7.45.